The monoisotopic (exact) mass is 269 g/mol. The molecule has 2 rings (SSSR count). The molecule has 0 radical (unpaired) electrons. The van der Waals surface area contributed by atoms with E-state index >= 15 is 0 Å². The predicted octanol–water partition coefficient (Wildman–Crippen LogP) is 2.08. The molecule has 1 saturated heterocycles. The molecule has 0 bridgehead atoms. The molecule has 0 unspecified atom stereocenters. The van der Waals surface area contributed by atoms with Gasteiger partial charge in [-0.1, -0.05) is 12.8 Å². The van der Waals surface area contributed by atoms with Gasteiger partial charge in [-0.05, 0) is 57.9 Å². The molecule has 1 heterocycles. The number of likely N-dealkylation sites (tertiary alicyclic amines) is 1. The summed E-state index contributed by atoms with van der Waals surface area (Å²) in [5, 5.41) is 4.56. The molecular formula is C14H27N3S. The van der Waals surface area contributed by atoms with Crippen molar-refractivity contribution >= 4 is 17.3 Å². The molecule has 0 aromatic rings. The molecular weight excluding hydrogens is 242 g/mol. The van der Waals surface area contributed by atoms with E-state index in [-0.39, 0.29) is 0 Å². The summed E-state index contributed by atoms with van der Waals surface area (Å²) in [6.07, 6.45) is 7.90. The zero-order valence-electron chi connectivity index (χ0n) is 11.8. The molecule has 2 fully saturated rings. The second-order valence-electron chi connectivity index (χ2n) is 6.12. The van der Waals surface area contributed by atoms with E-state index in [9.17, 15) is 0 Å². The van der Waals surface area contributed by atoms with Crippen molar-refractivity contribution in [2.24, 2.45) is 5.92 Å². The molecule has 0 atom stereocenters. The summed E-state index contributed by atoms with van der Waals surface area (Å²) in [6.45, 7) is 3.49. The molecule has 1 aliphatic carbocycles. The number of nitrogens with one attached hydrogen (secondary N) is 1. The minimum Gasteiger partial charge on any atom is -0.360 e. The number of hydrogen-bond donors (Lipinski definition) is 1. The van der Waals surface area contributed by atoms with E-state index in [1.54, 1.807) is 0 Å². The first kappa shape index (κ1) is 14.1. The Morgan fingerprint density at radius 3 is 2.33 bits per heavy atom. The van der Waals surface area contributed by atoms with Crippen LogP contribution in [-0.4, -0.2) is 54.7 Å². The van der Waals surface area contributed by atoms with Gasteiger partial charge in [-0.2, -0.15) is 0 Å². The van der Waals surface area contributed by atoms with Gasteiger partial charge in [0.15, 0.2) is 5.11 Å². The van der Waals surface area contributed by atoms with E-state index in [1.165, 1.54) is 45.1 Å². The van der Waals surface area contributed by atoms with Crippen LogP contribution >= 0.6 is 12.2 Å². The number of piperidine rings is 1. The van der Waals surface area contributed by atoms with E-state index in [1.807, 2.05) is 0 Å². The Hall–Kier alpha value is -0.350. The Kier molecular flexibility index (Phi) is 5.25. The van der Waals surface area contributed by atoms with Crippen LogP contribution in [0.2, 0.25) is 0 Å². The first-order valence-corrected chi connectivity index (χ1v) is 7.76. The van der Waals surface area contributed by atoms with Crippen molar-refractivity contribution in [2.45, 2.75) is 44.6 Å². The predicted molar refractivity (Wildman–Crippen MR) is 80.8 cm³/mol. The Labute approximate surface area is 117 Å². The summed E-state index contributed by atoms with van der Waals surface area (Å²) in [7, 11) is 4.33. The van der Waals surface area contributed by atoms with Gasteiger partial charge >= 0.3 is 0 Å². The van der Waals surface area contributed by atoms with Gasteiger partial charge in [-0.15, -0.1) is 0 Å². The number of hydrogen-bond acceptors (Lipinski definition) is 2. The van der Waals surface area contributed by atoms with Crippen LogP contribution in [0.3, 0.4) is 0 Å². The van der Waals surface area contributed by atoms with E-state index in [0.717, 1.165) is 24.1 Å². The number of rotatable bonds is 3. The molecule has 4 heteroatoms. The summed E-state index contributed by atoms with van der Waals surface area (Å²) < 4.78 is 0. The smallest absolute Gasteiger partial charge is 0.169 e. The van der Waals surface area contributed by atoms with Crippen LogP contribution in [0.1, 0.15) is 38.5 Å². The SMILES string of the molecule is CN(C)CC1CCN(C(=S)NC2CCCC2)CC1. The third-order valence-electron chi connectivity index (χ3n) is 4.21. The minimum atomic E-state index is 0.650. The molecule has 1 saturated carbocycles. The number of thiocarbonyl (C=S) groups is 1. The Morgan fingerprint density at radius 1 is 1.17 bits per heavy atom. The fraction of sp³-hybridized carbons (Fsp3) is 0.929. The largest absolute Gasteiger partial charge is 0.360 e. The molecule has 0 aromatic heterocycles. The van der Waals surface area contributed by atoms with E-state index < -0.39 is 0 Å². The van der Waals surface area contributed by atoms with Crippen LogP contribution in [-0.2, 0) is 0 Å². The van der Waals surface area contributed by atoms with Crippen LogP contribution in [0.5, 0.6) is 0 Å². The maximum atomic E-state index is 5.54. The Balaban J connectivity index is 1.70. The maximum Gasteiger partial charge on any atom is 0.169 e. The van der Waals surface area contributed by atoms with Crippen molar-refractivity contribution in [3.05, 3.63) is 0 Å². The van der Waals surface area contributed by atoms with E-state index in [2.05, 4.69) is 29.2 Å². The molecule has 3 nitrogen and oxygen atoms in total. The fourth-order valence-electron chi connectivity index (χ4n) is 3.17. The van der Waals surface area contributed by atoms with Crippen molar-refractivity contribution in [3.8, 4) is 0 Å². The van der Waals surface area contributed by atoms with Crippen molar-refractivity contribution in [1.82, 2.24) is 15.1 Å². The molecule has 1 aliphatic heterocycles. The molecule has 2 aliphatic rings. The maximum absolute atomic E-state index is 5.54. The van der Waals surface area contributed by atoms with Gasteiger partial charge in [0.1, 0.15) is 0 Å². The number of nitrogens with zero attached hydrogens (tertiary/aromatic N) is 2. The van der Waals surface area contributed by atoms with Crippen molar-refractivity contribution in [2.75, 3.05) is 33.7 Å². The summed E-state index contributed by atoms with van der Waals surface area (Å²) >= 11 is 5.54. The Morgan fingerprint density at radius 2 is 1.78 bits per heavy atom. The molecule has 104 valence electrons. The highest BCUT2D eigenvalue weighted by molar-refractivity contribution is 7.80. The highest BCUT2D eigenvalue weighted by Crippen LogP contribution is 2.20. The molecule has 0 aromatic carbocycles. The van der Waals surface area contributed by atoms with Crippen molar-refractivity contribution < 1.29 is 0 Å². The normalized spacial score (nSPS) is 22.7. The van der Waals surface area contributed by atoms with Crippen LogP contribution in [0.4, 0.5) is 0 Å². The quantitative estimate of drug-likeness (QED) is 0.790. The van der Waals surface area contributed by atoms with E-state index in [4.69, 9.17) is 12.2 Å². The van der Waals surface area contributed by atoms with Gasteiger partial charge in [-0.25, -0.2) is 0 Å². The van der Waals surface area contributed by atoms with Gasteiger partial charge in [-0.3, -0.25) is 0 Å². The highest BCUT2D eigenvalue weighted by Gasteiger charge is 2.23. The van der Waals surface area contributed by atoms with Crippen molar-refractivity contribution in [3.63, 3.8) is 0 Å². The standard InChI is InChI=1S/C14H27N3S/c1-16(2)11-12-7-9-17(10-8-12)14(18)15-13-5-3-4-6-13/h12-13H,3-11H2,1-2H3,(H,15,18). The van der Waals surface area contributed by atoms with Gasteiger partial charge in [0.25, 0.3) is 0 Å². The molecule has 18 heavy (non-hydrogen) atoms. The molecule has 0 amide bonds. The lowest BCUT2D eigenvalue weighted by Gasteiger charge is -2.35. The average Bonchev–Trinajstić information content (AvgIpc) is 2.82. The Bertz CT molecular complexity index is 266. The third kappa shape index (κ3) is 4.09. The van der Waals surface area contributed by atoms with Gasteiger partial charge in [0.05, 0.1) is 0 Å². The van der Waals surface area contributed by atoms with Crippen molar-refractivity contribution in [1.29, 1.82) is 0 Å². The molecule has 1 N–H and O–H groups in total. The summed E-state index contributed by atoms with van der Waals surface area (Å²) in [6, 6.07) is 0.650. The van der Waals surface area contributed by atoms with E-state index in [0.29, 0.717) is 6.04 Å². The topological polar surface area (TPSA) is 18.5 Å². The molecule has 0 spiro atoms. The van der Waals surface area contributed by atoms with Gasteiger partial charge in [0, 0.05) is 25.7 Å². The lowest BCUT2D eigenvalue weighted by molar-refractivity contribution is 0.217. The van der Waals surface area contributed by atoms with Crippen LogP contribution in [0.15, 0.2) is 0 Å². The first-order valence-electron chi connectivity index (χ1n) is 7.35. The van der Waals surface area contributed by atoms with Crippen LogP contribution in [0.25, 0.3) is 0 Å². The van der Waals surface area contributed by atoms with Gasteiger partial charge < -0.3 is 15.1 Å². The second kappa shape index (κ2) is 6.71. The lowest BCUT2D eigenvalue weighted by Crippen LogP contribution is -2.47. The minimum absolute atomic E-state index is 0.650. The summed E-state index contributed by atoms with van der Waals surface area (Å²) in [5.74, 6) is 0.852. The zero-order chi connectivity index (χ0) is 13.0. The lowest BCUT2D eigenvalue weighted by atomic mass is 9.97. The first-order chi connectivity index (χ1) is 8.65. The average molecular weight is 269 g/mol. The summed E-state index contributed by atoms with van der Waals surface area (Å²) in [4.78, 5) is 4.68. The third-order valence-corrected chi connectivity index (χ3v) is 4.58. The fourth-order valence-corrected chi connectivity index (χ4v) is 3.52. The van der Waals surface area contributed by atoms with Crippen LogP contribution < -0.4 is 5.32 Å². The zero-order valence-corrected chi connectivity index (χ0v) is 12.6. The second-order valence-corrected chi connectivity index (χ2v) is 6.51. The van der Waals surface area contributed by atoms with Gasteiger partial charge in [0.2, 0.25) is 0 Å². The van der Waals surface area contributed by atoms with Crippen LogP contribution in [0, 0.1) is 5.92 Å². The summed E-state index contributed by atoms with van der Waals surface area (Å²) in [5.41, 5.74) is 0. The highest BCUT2D eigenvalue weighted by atomic mass is 32.1.